The van der Waals surface area contributed by atoms with Crippen molar-refractivity contribution in [3.8, 4) is 11.1 Å². The van der Waals surface area contributed by atoms with E-state index in [1.165, 1.54) is 11.3 Å². The van der Waals surface area contributed by atoms with E-state index in [2.05, 4.69) is 5.32 Å². The van der Waals surface area contributed by atoms with Crippen LogP contribution in [0, 0.1) is 12.8 Å². The lowest BCUT2D eigenvalue weighted by Gasteiger charge is -2.23. The smallest absolute Gasteiger partial charge is 0.341 e. The fourth-order valence-corrected chi connectivity index (χ4v) is 4.07. The van der Waals surface area contributed by atoms with Gasteiger partial charge in [0, 0.05) is 21.4 Å². The molecule has 25 heavy (non-hydrogen) atoms. The lowest BCUT2D eigenvalue weighted by Crippen LogP contribution is -2.28. The van der Waals surface area contributed by atoms with Crippen molar-refractivity contribution in [2.45, 2.75) is 33.1 Å². The van der Waals surface area contributed by atoms with Gasteiger partial charge < -0.3 is 10.1 Å². The summed E-state index contributed by atoms with van der Waals surface area (Å²) in [7, 11) is 0. The number of hydrogen-bond acceptors (Lipinski definition) is 4. The maximum Gasteiger partial charge on any atom is 0.341 e. The Morgan fingerprint density at radius 3 is 2.52 bits per heavy atom. The Labute approximate surface area is 156 Å². The van der Waals surface area contributed by atoms with Gasteiger partial charge in [-0.25, -0.2) is 4.79 Å². The van der Waals surface area contributed by atoms with Gasteiger partial charge in [-0.15, -0.1) is 11.3 Å². The third kappa shape index (κ3) is 3.72. The Kier molecular flexibility index (Phi) is 5.45. The SMILES string of the molecule is CCOC(=O)c1c(NC(=O)C2CCC2)sc(C)c1-c1ccc(Cl)cc1. The molecule has 0 radical (unpaired) electrons. The second-order valence-corrected chi connectivity index (χ2v) is 7.74. The van der Waals surface area contributed by atoms with E-state index in [1.807, 2.05) is 19.1 Å². The highest BCUT2D eigenvalue weighted by Gasteiger charge is 2.29. The van der Waals surface area contributed by atoms with Crippen LogP contribution in [0.25, 0.3) is 11.1 Å². The van der Waals surface area contributed by atoms with Crippen molar-refractivity contribution in [2.75, 3.05) is 11.9 Å². The van der Waals surface area contributed by atoms with Crippen LogP contribution >= 0.6 is 22.9 Å². The predicted molar refractivity (Wildman–Crippen MR) is 101 cm³/mol. The van der Waals surface area contributed by atoms with Gasteiger partial charge in [-0.05, 0) is 44.4 Å². The second kappa shape index (κ2) is 7.58. The second-order valence-electron chi connectivity index (χ2n) is 6.08. The minimum absolute atomic E-state index is 0.0132. The molecule has 132 valence electrons. The molecule has 3 rings (SSSR count). The Bertz CT molecular complexity index is 794. The number of rotatable bonds is 5. The van der Waals surface area contributed by atoms with Crippen LogP contribution in [0.1, 0.15) is 41.4 Å². The van der Waals surface area contributed by atoms with E-state index < -0.39 is 5.97 Å². The number of thiophene rings is 1. The van der Waals surface area contributed by atoms with Crippen molar-refractivity contribution in [1.82, 2.24) is 0 Å². The number of halogens is 1. The number of carbonyl (C=O) groups excluding carboxylic acids is 2. The molecular formula is C19H20ClNO3S. The highest BCUT2D eigenvalue weighted by molar-refractivity contribution is 7.17. The maximum absolute atomic E-state index is 12.6. The van der Waals surface area contributed by atoms with Crippen LogP contribution in [0.5, 0.6) is 0 Å². The average molecular weight is 378 g/mol. The summed E-state index contributed by atoms with van der Waals surface area (Å²) < 4.78 is 5.24. The summed E-state index contributed by atoms with van der Waals surface area (Å²) in [5.41, 5.74) is 2.11. The zero-order chi connectivity index (χ0) is 18.0. The van der Waals surface area contributed by atoms with Gasteiger partial charge in [0.15, 0.2) is 0 Å². The first-order chi connectivity index (χ1) is 12.0. The number of anilines is 1. The van der Waals surface area contributed by atoms with E-state index >= 15 is 0 Å². The number of esters is 1. The monoisotopic (exact) mass is 377 g/mol. The van der Waals surface area contributed by atoms with Crippen molar-refractivity contribution < 1.29 is 14.3 Å². The highest BCUT2D eigenvalue weighted by atomic mass is 35.5. The molecule has 6 heteroatoms. The molecule has 0 spiro atoms. The first-order valence-corrected chi connectivity index (χ1v) is 9.58. The molecule has 1 saturated carbocycles. The van der Waals surface area contributed by atoms with Crippen molar-refractivity contribution in [3.05, 3.63) is 39.7 Å². The zero-order valence-electron chi connectivity index (χ0n) is 14.2. The molecule has 1 aromatic carbocycles. The molecule has 1 aromatic heterocycles. The summed E-state index contributed by atoms with van der Waals surface area (Å²) in [5, 5.41) is 4.15. The summed E-state index contributed by atoms with van der Waals surface area (Å²) in [4.78, 5) is 25.9. The number of amides is 1. The molecule has 4 nitrogen and oxygen atoms in total. The fourth-order valence-electron chi connectivity index (χ4n) is 2.88. The van der Waals surface area contributed by atoms with Crippen LogP contribution in [0.2, 0.25) is 5.02 Å². The van der Waals surface area contributed by atoms with Gasteiger partial charge in [0.2, 0.25) is 5.91 Å². The normalized spacial score (nSPS) is 14.0. The first kappa shape index (κ1) is 18.0. The number of carbonyl (C=O) groups is 2. The Balaban J connectivity index is 2.02. The molecule has 0 unspecified atom stereocenters. The molecule has 1 aliphatic rings. The number of ether oxygens (including phenoxy) is 1. The minimum atomic E-state index is -0.416. The van der Waals surface area contributed by atoms with Crippen LogP contribution in [0.15, 0.2) is 24.3 Å². The Morgan fingerprint density at radius 1 is 1.28 bits per heavy atom. The topological polar surface area (TPSA) is 55.4 Å². The molecule has 1 heterocycles. The molecular weight excluding hydrogens is 358 g/mol. The van der Waals surface area contributed by atoms with Crippen molar-refractivity contribution in [3.63, 3.8) is 0 Å². The molecule has 1 amide bonds. The van der Waals surface area contributed by atoms with E-state index in [1.54, 1.807) is 19.1 Å². The summed E-state index contributed by atoms with van der Waals surface area (Å²) in [6.45, 7) is 3.99. The Morgan fingerprint density at radius 2 is 1.96 bits per heavy atom. The fraction of sp³-hybridized carbons (Fsp3) is 0.368. The Hall–Kier alpha value is -1.85. The molecule has 0 aliphatic heterocycles. The summed E-state index contributed by atoms with van der Waals surface area (Å²) in [6.07, 6.45) is 2.91. The van der Waals surface area contributed by atoms with E-state index in [0.29, 0.717) is 15.6 Å². The third-order valence-electron chi connectivity index (χ3n) is 4.41. The van der Waals surface area contributed by atoms with Crippen LogP contribution in [0.4, 0.5) is 5.00 Å². The van der Waals surface area contributed by atoms with Gasteiger partial charge in [-0.3, -0.25) is 4.79 Å². The largest absolute Gasteiger partial charge is 0.462 e. The van der Waals surface area contributed by atoms with Crippen LogP contribution in [-0.4, -0.2) is 18.5 Å². The molecule has 1 aliphatic carbocycles. The van der Waals surface area contributed by atoms with Crippen LogP contribution in [0.3, 0.4) is 0 Å². The number of hydrogen-bond donors (Lipinski definition) is 1. The minimum Gasteiger partial charge on any atom is -0.462 e. The van der Waals surface area contributed by atoms with Crippen molar-refractivity contribution >= 4 is 39.8 Å². The first-order valence-electron chi connectivity index (χ1n) is 8.38. The summed E-state index contributed by atoms with van der Waals surface area (Å²) >= 11 is 7.38. The number of nitrogens with one attached hydrogen (secondary N) is 1. The van der Waals surface area contributed by atoms with E-state index in [-0.39, 0.29) is 18.4 Å². The van der Waals surface area contributed by atoms with Gasteiger partial charge in [-0.2, -0.15) is 0 Å². The lowest BCUT2D eigenvalue weighted by atomic mass is 9.85. The molecule has 0 bridgehead atoms. The van der Waals surface area contributed by atoms with Gasteiger partial charge in [0.05, 0.1) is 6.61 Å². The number of aryl methyl sites for hydroxylation is 1. The van der Waals surface area contributed by atoms with Gasteiger partial charge in [0.1, 0.15) is 10.6 Å². The van der Waals surface area contributed by atoms with Crippen molar-refractivity contribution in [1.29, 1.82) is 0 Å². The molecule has 2 aromatic rings. The quantitative estimate of drug-likeness (QED) is 0.720. The van der Waals surface area contributed by atoms with E-state index in [9.17, 15) is 9.59 Å². The third-order valence-corrected chi connectivity index (χ3v) is 5.68. The maximum atomic E-state index is 12.6. The molecule has 1 fully saturated rings. The van der Waals surface area contributed by atoms with Crippen LogP contribution in [-0.2, 0) is 9.53 Å². The molecule has 1 N–H and O–H groups in total. The van der Waals surface area contributed by atoms with E-state index in [4.69, 9.17) is 16.3 Å². The summed E-state index contributed by atoms with van der Waals surface area (Å²) in [5.74, 6) is -0.377. The highest BCUT2D eigenvalue weighted by Crippen LogP contribution is 2.41. The standard InChI is InChI=1S/C19H20ClNO3S/c1-3-24-19(23)16-15(12-7-9-14(20)10-8-12)11(2)25-18(16)21-17(22)13-5-4-6-13/h7-10,13H,3-6H2,1-2H3,(H,21,22). The van der Waals surface area contributed by atoms with Crippen LogP contribution < -0.4 is 5.32 Å². The van der Waals surface area contributed by atoms with E-state index in [0.717, 1.165) is 35.3 Å². The van der Waals surface area contributed by atoms with Gasteiger partial charge in [-0.1, -0.05) is 30.2 Å². The molecule has 0 atom stereocenters. The zero-order valence-corrected chi connectivity index (χ0v) is 15.8. The summed E-state index contributed by atoms with van der Waals surface area (Å²) in [6, 6.07) is 7.32. The lowest BCUT2D eigenvalue weighted by molar-refractivity contribution is -0.122. The van der Waals surface area contributed by atoms with Crippen molar-refractivity contribution in [2.24, 2.45) is 5.92 Å². The molecule has 0 saturated heterocycles. The van der Waals surface area contributed by atoms with Gasteiger partial charge >= 0.3 is 5.97 Å². The van der Waals surface area contributed by atoms with Gasteiger partial charge in [0.25, 0.3) is 0 Å². The average Bonchev–Trinajstić information content (AvgIpc) is 2.82. The number of benzene rings is 1. The predicted octanol–water partition coefficient (Wildman–Crippen LogP) is 5.29.